The molecular weight excluding hydrogens is 212 g/mol. The molecule has 0 aliphatic heterocycles. The number of nitrogens with two attached hydrogens (primary N) is 1. The highest BCUT2D eigenvalue weighted by Crippen LogP contribution is 2.08. The average Bonchev–Trinajstić information content (AvgIpc) is 2.38. The molecule has 0 bridgehead atoms. The molecule has 2 aromatic rings. The molecule has 3 nitrogen and oxygen atoms in total. The Bertz CT molecular complexity index is 530. The van der Waals surface area contributed by atoms with Crippen molar-refractivity contribution in [3.05, 3.63) is 65.5 Å². The number of nitrogens with zero attached hydrogens (tertiary/aromatic N) is 1. The predicted octanol–water partition coefficient (Wildman–Crippen LogP) is 2.35. The first-order valence-corrected chi connectivity index (χ1v) is 5.25. The number of pyridine rings is 1. The summed E-state index contributed by atoms with van der Waals surface area (Å²) in [4.78, 5) is 15.1. The van der Waals surface area contributed by atoms with Gasteiger partial charge < -0.3 is 5.73 Å². The van der Waals surface area contributed by atoms with Gasteiger partial charge in [-0.1, -0.05) is 24.3 Å². The summed E-state index contributed by atoms with van der Waals surface area (Å²) in [7, 11) is 0. The molecule has 84 valence electrons. The van der Waals surface area contributed by atoms with Gasteiger partial charge in [0.15, 0.2) is 0 Å². The average molecular weight is 224 g/mol. The maximum atomic E-state index is 10.9. The predicted molar refractivity (Wildman–Crippen MR) is 68.1 cm³/mol. The lowest BCUT2D eigenvalue weighted by atomic mass is 10.1. The maximum Gasteiger partial charge on any atom is 0.248 e. The molecule has 0 fully saturated rings. The van der Waals surface area contributed by atoms with E-state index in [0.29, 0.717) is 5.56 Å². The molecule has 0 aliphatic carbocycles. The van der Waals surface area contributed by atoms with Crippen molar-refractivity contribution in [1.82, 2.24) is 4.98 Å². The summed E-state index contributed by atoms with van der Waals surface area (Å²) in [5, 5.41) is 0. The highest BCUT2D eigenvalue weighted by molar-refractivity contribution is 5.93. The number of rotatable bonds is 3. The molecule has 0 unspecified atom stereocenters. The molecule has 0 radical (unpaired) electrons. The second-order valence-electron chi connectivity index (χ2n) is 3.57. The first-order valence-electron chi connectivity index (χ1n) is 5.25. The zero-order chi connectivity index (χ0) is 12.1. The first kappa shape index (κ1) is 11.1. The Morgan fingerprint density at radius 2 is 1.82 bits per heavy atom. The Labute approximate surface area is 99.6 Å². The van der Waals surface area contributed by atoms with Crippen molar-refractivity contribution < 1.29 is 4.79 Å². The van der Waals surface area contributed by atoms with Gasteiger partial charge in [0.05, 0.1) is 5.69 Å². The monoisotopic (exact) mass is 224 g/mol. The van der Waals surface area contributed by atoms with Crippen LogP contribution >= 0.6 is 0 Å². The SMILES string of the molecule is NC(=O)c1ccc(C=Cc2ccccn2)cc1. The van der Waals surface area contributed by atoms with Gasteiger partial charge in [-0.3, -0.25) is 9.78 Å². The van der Waals surface area contributed by atoms with E-state index in [4.69, 9.17) is 5.73 Å². The number of primary amides is 1. The fourth-order valence-corrected chi connectivity index (χ4v) is 1.41. The summed E-state index contributed by atoms with van der Waals surface area (Å²) in [6, 6.07) is 12.8. The van der Waals surface area contributed by atoms with E-state index < -0.39 is 5.91 Å². The van der Waals surface area contributed by atoms with Gasteiger partial charge in [-0.05, 0) is 35.9 Å². The molecule has 1 amide bonds. The molecule has 2 rings (SSSR count). The Balaban J connectivity index is 2.14. The van der Waals surface area contributed by atoms with E-state index >= 15 is 0 Å². The highest BCUT2D eigenvalue weighted by atomic mass is 16.1. The lowest BCUT2D eigenvalue weighted by Gasteiger charge is -1.96. The lowest BCUT2D eigenvalue weighted by molar-refractivity contribution is 0.100. The molecule has 1 aromatic heterocycles. The Morgan fingerprint density at radius 3 is 2.41 bits per heavy atom. The van der Waals surface area contributed by atoms with Crippen LogP contribution in [-0.4, -0.2) is 10.9 Å². The third kappa shape index (κ3) is 3.01. The van der Waals surface area contributed by atoms with Crippen LogP contribution in [0.4, 0.5) is 0 Å². The van der Waals surface area contributed by atoms with Crippen molar-refractivity contribution >= 4 is 18.1 Å². The minimum absolute atomic E-state index is 0.412. The summed E-state index contributed by atoms with van der Waals surface area (Å²) in [6.45, 7) is 0. The number of hydrogen-bond donors (Lipinski definition) is 1. The quantitative estimate of drug-likeness (QED) is 0.870. The standard InChI is InChI=1S/C14H12N2O/c15-14(17)12-7-4-11(5-8-12)6-9-13-3-1-2-10-16-13/h1-10H,(H2,15,17). The van der Waals surface area contributed by atoms with Crippen LogP contribution in [0.1, 0.15) is 21.6 Å². The van der Waals surface area contributed by atoms with Gasteiger partial charge in [-0.15, -0.1) is 0 Å². The molecule has 0 atom stereocenters. The van der Waals surface area contributed by atoms with Crippen molar-refractivity contribution in [2.75, 3.05) is 0 Å². The van der Waals surface area contributed by atoms with Crippen molar-refractivity contribution in [3.63, 3.8) is 0 Å². The van der Waals surface area contributed by atoms with E-state index in [-0.39, 0.29) is 0 Å². The number of benzene rings is 1. The fourth-order valence-electron chi connectivity index (χ4n) is 1.41. The van der Waals surface area contributed by atoms with Gasteiger partial charge in [0, 0.05) is 11.8 Å². The first-order chi connectivity index (χ1) is 8.25. The molecule has 0 aliphatic rings. The number of aromatic nitrogens is 1. The van der Waals surface area contributed by atoms with Crippen LogP contribution in [0.25, 0.3) is 12.2 Å². The van der Waals surface area contributed by atoms with Crippen molar-refractivity contribution in [1.29, 1.82) is 0 Å². The van der Waals surface area contributed by atoms with Gasteiger partial charge in [0.1, 0.15) is 0 Å². The number of amides is 1. The largest absolute Gasteiger partial charge is 0.366 e. The normalized spacial score (nSPS) is 10.6. The van der Waals surface area contributed by atoms with E-state index in [9.17, 15) is 4.79 Å². The van der Waals surface area contributed by atoms with Crippen LogP contribution in [0.2, 0.25) is 0 Å². The van der Waals surface area contributed by atoms with E-state index in [1.165, 1.54) is 0 Å². The number of carbonyl (C=O) groups excluding carboxylic acids is 1. The van der Waals surface area contributed by atoms with Crippen molar-refractivity contribution in [2.24, 2.45) is 5.73 Å². The Morgan fingerprint density at radius 1 is 1.06 bits per heavy atom. The molecule has 0 spiro atoms. The molecular formula is C14H12N2O. The zero-order valence-electron chi connectivity index (χ0n) is 9.21. The van der Waals surface area contributed by atoms with Gasteiger partial charge in [0.25, 0.3) is 0 Å². The third-order valence-corrected chi connectivity index (χ3v) is 2.33. The maximum absolute atomic E-state index is 10.9. The van der Waals surface area contributed by atoms with E-state index in [0.717, 1.165) is 11.3 Å². The highest BCUT2D eigenvalue weighted by Gasteiger charge is 1.97. The smallest absolute Gasteiger partial charge is 0.248 e. The van der Waals surface area contributed by atoms with Crippen LogP contribution in [0, 0.1) is 0 Å². The third-order valence-electron chi connectivity index (χ3n) is 2.33. The summed E-state index contributed by atoms with van der Waals surface area (Å²) in [6.07, 6.45) is 5.60. The van der Waals surface area contributed by atoms with E-state index in [1.54, 1.807) is 18.3 Å². The van der Waals surface area contributed by atoms with Crippen molar-refractivity contribution in [2.45, 2.75) is 0 Å². The van der Waals surface area contributed by atoms with Crippen LogP contribution in [0.5, 0.6) is 0 Å². The minimum Gasteiger partial charge on any atom is -0.366 e. The zero-order valence-corrected chi connectivity index (χ0v) is 9.21. The Hall–Kier alpha value is -2.42. The fraction of sp³-hybridized carbons (Fsp3) is 0. The second kappa shape index (κ2) is 5.07. The molecule has 0 saturated heterocycles. The van der Waals surface area contributed by atoms with Crippen LogP contribution in [0.15, 0.2) is 48.7 Å². The lowest BCUT2D eigenvalue weighted by Crippen LogP contribution is -2.10. The van der Waals surface area contributed by atoms with Crippen LogP contribution in [-0.2, 0) is 0 Å². The summed E-state index contributed by atoms with van der Waals surface area (Å²) < 4.78 is 0. The summed E-state index contributed by atoms with van der Waals surface area (Å²) in [5.74, 6) is -0.412. The van der Waals surface area contributed by atoms with Gasteiger partial charge in [-0.2, -0.15) is 0 Å². The van der Waals surface area contributed by atoms with Crippen LogP contribution in [0.3, 0.4) is 0 Å². The summed E-state index contributed by atoms with van der Waals surface area (Å²) >= 11 is 0. The van der Waals surface area contributed by atoms with Gasteiger partial charge >= 0.3 is 0 Å². The molecule has 1 heterocycles. The van der Waals surface area contributed by atoms with Gasteiger partial charge in [-0.25, -0.2) is 0 Å². The van der Waals surface area contributed by atoms with E-state index in [1.807, 2.05) is 42.5 Å². The molecule has 0 saturated carbocycles. The Kier molecular flexibility index (Phi) is 3.31. The van der Waals surface area contributed by atoms with Crippen LogP contribution < -0.4 is 5.73 Å². The molecule has 2 N–H and O–H groups in total. The van der Waals surface area contributed by atoms with E-state index in [2.05, 4.69) is 4.98 Å². The summed E-state index contributed by atoms with van der Waals surface area (Å²) in [5.41, 5.74) is 7.57. The molecule has 1 aromatic carbocycles. The molecule has 3 heteroatoms. The second-order valence-corrected chi connectivity index (χ2v) is 3.57. The molecule has 17 heavy (non-hydrogen) atoms. The minimum atomic E-state index is -0.412. The number of hydrogen-bond acceptors (Lipinski definition) is 2. The van der Waals surface area contributed by atoms with Gasteiger partial charge in [0.2, 0.25) is 5.91 Å². The number of carbonyl (C=O) groups is 1. The van der Waals surface area contributed by atoms with Crippen molar-refractivity contribution in [3.8, 4) is 0 Å². The topological polar surface area (TPSA) is 56.0 Å².